The maximum atomic E-state index is 13.2. The summed E-state index contributed by atoms with van der Waals surface area (Å²) in [5, 5.41) is 13.9. The fourth-order valence-corrected chi connectivity index (χ4v) is 4.29. The van der Waals surface area contributed by atoms with Crippen LogP contribution in [0.25, 0.3) is 0 Å². The molecule has 208 valence electrons. The summed E-state index contributed by atoms with van der Waals surface area (Å²) in [6.07, 6.45) is 0.319. The monoisotopic (exact) mass is 539 g/mol. The van der Waals surface area contributed by atoms with E-state index < -0.39 is 17.9 Å². The van der Waals surface area contributed by atoms with Gasteiger partial charge in [-0.1, -0.05) is 12.1 Å². The van der Waals surface area contributed by atoms with Crippen molar-refractivity contribution >= 4 is 34.9 Å². The second-order valence-corrected chi connectivity index (χ2v) is 8.90. The number of imide groups is 1. The van der Waals surface area contributed by atoms with Gasteiger partial charge in [0.1, 0.15) is 24.2 Å². The molecule has 2 aliphatic heterocycles. The Labute approximate surface area is 226 Å². The van der Waals surface area contributed by atoms with Crippen LogP contribution in [0, 0.1) is 5.41 Å². The van der Waals surface area contributed by atoms with Gasteiger partial charge >= 0.3 is 0 Å². The highest BCUT2D eigenvalue weighted by Crippen LogP contribution is 2.32. The molecule has 2 aliphatic rings. The molecule has 1 saturated heterocycles. The Bertz CT molecular complexity index is 1190. The molecule has 0 aromatic heterocycles. The normalized spacial score (nSPS) is 16.8. The third-order valence-electron chi connectivity index (χ3n) is 6.20. The SMILES string of the molecule is N=C1c2cccc(NCCOCCOCCOCCOc3ccc(N)cc3)c2C(=O)N1C1CCC(=O)NC1=O. The topological polar surface area (TPSA) is 165 Å². The molecule has 0 saturated carbocycles. The van der Waals surface area contributed by atoms with Gasteiger partial charge in [-0.15, -0.1) is 0 Å². The number of carbonyl (C=O) groups is 3. The third-order valence-corrected chi connectivity index (χ3v) is 6.20. The predicted molar refractivity (Wildman–Crippen MR) is 143 cm³/mol. The summed E-state index contributed by atoms with van der Waals surface area (Å²) in [7, 11) is 0. The lowest BCUT2D eigenvalue weighted by Gasteiger charge is -2.29. The van der Waals surface area contributed by atoms with Gasteiger partial charge < -0.3 is 30.0 Å². The number of hydrogen-bond acceptors (Lipinski definition) is 10. The van der Waals surface area contributed by atoms with E-state index in [-0.39, 0.29) is 24.6 Å². The van der Waals surface area contributed by atoms with Crippen molar-refractivity contribution in [2.24, 2.45) is 0 Å². The number of nitrogens with one attached hydrogen (secondary N) is 3. The van der Waals surface area contributed by atoms with Gasteiger partial charge in [-0.3, -0.25) is 30.0 Å². The summed E-state index contributed by atoms with van der Waals surface area (Å²) in [6.45, 7) is 3.42. The maximum Gasteiger partial charge on any atom is 0.263 e. The van der Waals surface area contributed by atoms with Crippen molar-refractivity contribution in [3.8, 4) is 5.75 Å². The molecule has 39 heavy (non-hydrogen) atoms. The first-order chi connectivity index (χ1) is 19.0. The lowest BCUT2D eigenvalue weighted by molar-refractivity contribution is -0.135. The largest absolute Gasteiger partial charge is 0.491 e. The van der Waals surface area contributed by atoms with Crippen molar-refractivity contribution in [2.75, 3.05) is 63.8 Å². The van der Waals surface area contributed by atoms with Gasteiger partial charge in [0.15, 0.2) is 0 Å². The minimum atomic E-state index is -0.875. The average Bonchev–Trinajstić information content (AvgIpc) is 3.18. The first-order valence-corrected chi connectivity index (χ1v) is 12.8. The number of piperidine rings is 1. The van der Waals surface area contributed by atoms with E-state index in [1.807, 2.05) is 12.1 Å². The van der Waals surface area contributed by atoms with E-state index >= 15 is 0 Å². The Morgan fingerprint density at radius 1 is 0.923 bits per heavy atom. The molecule has 12 heteroatoms. The number of benzene rings is 2. The van der Waals surface area contributed by atoms with Gasteiger partial charge in [0.25, 0.3) is 5.91 Å². The van der Waals surface area contributed by atoms with E-state index in [0.29, 0.717) is 75.3 Å². The first-order valence-electron chi connectivity index (χ1n) is 12.8. The van der Waals surface area contributed by atoms with Crippen molar-refractivity contribution in [1.82, 2.24) is 10.2 Å². The fourth-order valence-electron chi connectivity index (χ4n) is 4.29. The van der Waals surface area contributed by atoms with E-state index in [2.05, 4.69) is 10.6 Å². The second kappa shape index (κ2) is 13.7. The molecule has 1 atom stereocenters. The Balaban J connectivity index is 1.08. The predicted octanol–water partition coefficient (Wildman–Crippen LogP) is 1.40. The molecule has 5 N–H and O–H groups in total. The Kier molecular flexibility index (Phi) is 9.84. The fraction of sp³-hybridized carbons (Fsp3) is 0.407. The maximum absolute atomic E-state index is 13.2. The molecular formula is C27H33N5O7. The van der Waals surface area contributed by atoms with Crippen LogP contribution in [0.2, 0.25) is 0 Å². The van der Waals surface area contributed by atoms with Crippen molar-refractivity contribution < 1.29 is 33.3 Å². The quantitative estimate of drug-likeness (QED) is 0.149. The Morgan fingerprint density at radius 2 is 1.59 bits per heavy atom. The molecule has 0 aliphatic carbocycles. The van der Waals surface area contributed by atoms with Crippen LogP contribution in [0.4, 0.5) is 11.4 Å². The van der Waals surface area contributed by atoms with E-state index in [9.17, 15) is 14.4 Å². The van der Waals surface area contributed by atoms with Crippen LogP contribution >= 0.6 is 0 Å². The number of rotatable bonds is 15. The molecule has 2 heterocycles. The molecular weight excluding hydrogens is 506 g/mol. The van der Waals surface area contributed by atoms with Gasteiger partial charge in [-0.2, -0.15) is 0 Å². The van der Waals surface area contributed by atoms with Crippen molar-refractivity contribution in [1.29, 1.82) is 5.41 Å². The molecule has 2 aromatic carbocycles. The molecule has 3 amide bonds. The zero-order valence-electron chi connectivity index (χ0n) is 21.6. The van der Waals surface area contributed by atoms with Crippen LogP contribution in [0.3, 0.4) is 0 Å². The molecule has 12 nitrogen and oxygen atoms in total. The summed E-state index contributed by atoms with van der Waals surface area (Å²) >= 11 is 0. The minimum Gasteiger partial charge on any atom is -0.491 e. The van der Waals surface area contributed by atoms with Gasteiger partial charge in [0.05, 0.1) is 45.2 Å². The van der Waals surface area contributed by atoms with E-state index in [1.165, 1.54) is 4.90 Å². The molecule has 0 radical (unpaired) electrons. The Hall–Kier alpha value is -4.00. The van der Waals surface area contributed by atoms with Crippen LogP contribution in [0.1, 0.15) is 28.8 Å². The highest BCUT2D eigenvalue weighted by Gasteiger charge is 2.43. The zero-order chi connectivity index (χ0) is 27.6. The number of ether oxygens (including phenoxy) is 4. The average molecular weight is 540 g/mol. The summed E-state index contributed by atoms with van der Waals surface area (Å²) in [5.74, 6) is -0.657. The molecule has 2 aromatic rings. The highest BCUT2D eigenvalue weighted by atomic mass is 16.6. The molecule has 4 rings (SSSR count). The van der Waals surface area contributed by atoms with Gasteiger partial charge in [0.2, 0.25) is 11.8 Å². The number of nitrogen functional groups attached to an aromatic ring is 1. The van der Waals surface area contributed by atoms with Crippen LogP contribution in [-0.2, 0) is 23.8 Å². The third kappa shape index (κ3) is 7.31. The smallest absolute Gasteiger partial charge is 0.263 e. The van der Waals surface area contributed by atoms with Crippen LogP contribution < -0.4 is 21.1 Å². The lowest BCUT2D eigenvalue weighted by Crippen LogP contribution is -2.54. The van der Waals surface area contributed by atoms with Crippen molar-refractivity contribution in [3.63, 3.8) is 0 Å². The summed E-state index contributed by atoms with van der Waals surface area (Å²) < 4.78 is 22.1. The van der Waals surface area contributed by atoms with Gasteiger partial charge in [0, 0.05) is 29.9 Å². The van der Waals surface area contributed by atoms with Crippen LogP contribution in [0.15, 0.2) is 42.5 Å². The highest BCUT2D eigenvalue weighted by molar-refractivity contribution is 6.26. The molecule has 1 unspecified atom stereocenters. The first kappa shape index (κ1) is 28.0. The summed E-state index contributed by atoms with van der Waals surface area (Å²) in [5.41, 5.74) is 7.68. The Morgan fingerprint density at radius 3 is 2.28 bits per heavy atom. The molecule has 0 spiro atoms. The van der Waals surface area contributed by atoms with E-state index in [1.54, 1.807) is 30.3 Å². The van der Waals surface area contributed by atoms with E-state index in [4.69, 9.17) is 30.1 Å². The number of nitrogens with zero attached hydrogens (tertiary/aromatic N) is 1. The standard InChI is InChI=1S/C27H33N5O7/c28-18-4-6-19(7-5-18)39-17-16-38-15-14-37-13-12-36-11-10-30-21-3-1-2-20-24(21)27(35)32(25(20)29)22-8-9-23(33)31-26(22)34/h1-7,22,29-30H,8-17,28H2,(H,31,33,34). The zero-order valence-corrected chi connectivity index (χ0v) is 21.6. The van der Waals surface area contributed by atoms with Gasteiger partial charge in [-0.25, -0.2) is 0 Å². The second-order valence-electron chi connectivity index (χ2n) is 8.90. The number of anilines is 2. The molecule has 0 bridgehead atoms. The molecule has 1 fully saturated rings. The van der Waals surface area contributed by atoms with E-state index in [0.717, 1.165) is 5.75 Å². The van der Waals surface area contributed by atoms with Gasteiger partial charge in [-0.05, 0) is 36.8 Å². The lowest BCUT2D eigenvalue weighted by atomic mass is 10.0. The number of hydrogen-bond donors (Lipinski definition) is 4. The number of amidine groups is 1. The number of nitrogens with two attached hydrogens (primary N) is 1. The summed E-state index contributed by atoms with van der Waals surface area (Å²) in [4.78, 5) is 38.1. The van der Waals surface area contributed by atoms with Crippen molar-refractivity contribution in [3.05, 3.63) is 53.6 Å². The summed E-state index contributed by atoms with van der Waals surface area (Å²) in [6, 6.07) is 11.5. The number of amides is 3. The van der Waals surface area contributed by atoms with Crippen molar-refractivity contribution in [2.45, 2.75) is 18.9 Å². The van der Waals surface area contributed by atoms with Crippen LogP contribution in [0.5, 0.6) is 5.75 Å². The number of fused-ring (bicyclic) bond motifs is 1. The van der Waals surface area contributed by atoms with Crippen LogP contribution in [-0.4, -0.2) is 87.3 Å². The number of carbonyl (C=O) groups excluding carboxylic acids is 3. The minimum absolute atomic E-state index is 0.0418.